The van der Waals surface area contributed by atoms with Crippen LogP contribution in [0.1, 0.15) is 178 Å². The fourth-order valence-electron chi connectivity index (χ4n) is 8.97. The highest BCUT2D eigenvalue weighted by molar-refractivity contribution is 6.15. The Labute approximate surface area is 396 Å². The molecule has 0 radical (unpaired) electrons. The summed E-state index contributed by atoms with van der Waals surface area (Å²) >= 11 is 0. The van der Waals surface area contributed by atoms with Crippen LogP contribution in [0, 0.1) is 25.2 Å². The molecule has 0 aliphatic carbocycles. The minimum Gasteiger partial charge on any atom is -0.0905 e. The first-order valence-corrected chi connectivity index (χ1v) is 24.4. The molecule has 0 aliphatic rings. The molecule has 5 rings (SSSR count). The van der Waals surface area contributed by atoms with Crippen LogP contribution in [0.5, 0.6) is 0 Å². The maximum Gasteiger partial charge on any atom is -0.00731 e. The van der Waals surface area contributed by atoms with Crippen LogP contribution in [-0.2, 0) is 5.41 Å². The summed E-state index contributed by atoms with van der Waals surface area (Å²) in [4.78, 5) is 0. The zero-order chi connectivity index (χ0) is 47.8. The zero-order valence-electron chi connectivity index (χ0n) is 43.2. The van der Waals surface area contributed by atoms with Gasteiger partial charge in [-0.2, -0.15) is 0 Å². The van der Waals surface area contributed by atoms with Gasteiger partial charge >= 0.3 is 0 Å². The van der Waals surface area contributed by atoms with Gasteiger partial charge in [-0.1, -0.05) is 222 Å². The average molecular weight is 861 g/mol. The Morgan fingerprint density at radius 3 is 1.65 bits per heavy atom. The van der Waals surface area contributed by atoms with E-state index < -0.39 is 0 Å². The molecule has 0 fully saturated rings. The Kier molecular flexibility index (Phi) is 16.9. The molecule has 0 spiro atoms. The maximum absolute atomic E-state index is 4.87. The summed E-state index contributed by atoms with van der Waals surface area (Å²) in [7, 11) is 0. The SMILES string of the molecule is C=C(/C(=C(/CC)c1c(/C(C)=C/C=C(/c2ccc(-c3ccc(C(C)(C)C)cc3C)c(C)c2)C(C)CC)ccc(/C(C)=C/C=C(\C)C(C)(C)C)c1C(C)CC)c1ccccc1)c1ccccc1. The molecule has 0 heteroatoms. The van der Waals surface area contributed by atoms with Crippen molar-refractivity contribution < 1.29 is 0 Å². The van der Waals surface area contributed by atoms with Gasteiger partial charge in [-0.3, -0.25) is 0 Å². The molecule has 2 atom stereocenters. The lowest BCUT2D eigenvalue weighted by molar-refractivity contribution is 0.504. The van der Waals surface area contributed by atoms with E-state index in [1.165, 1.54) is 94.6 Å². The van der Waals surface area contributed by atoms with Gasteiger partial charge < -0.3 is 0 Å². The van der Waals surface area contributed by atoms with E-state index in [0.29, 0.717) is 11.8 Å². The van der Waals surface area contributed by atoms with Crippen LogP contribution in [0.4, 0.5) is 0 Å². The summed E-state index contributed by atoms with van der Waals surface area (Å²) in [6, 6.07) is 40.6. The van der Waals surface area contributed by atoms with Gasteiger partial charge in [0.2, 0.25) is 0 Å². The van der Waals surface area contributed by atoms with E-state index in [1.807, 2.05) is 0 Å². The molecular formula is C65H80. The summed E-state index contributed by atoms with van der Waals surface area (Å²) in [5.41, 5.74) is 24.8. The first-order valence-electron chi connectivity index (χ1n) is 24.4. The summed E-state index contributed by atoms with van der Waals surface area (Å²) < 4.78 is 0. The van der Waals surface area contributed by atoms with E-state index in [1.54, 1.807) is 0 Å². The minimum absolute atomic E-state index is 0.105. The standard InChI is InChI=1S/C65H80/c1-18-43(4)56(53-34-37-57(47(8)41-53)58-38-35-54(42-48(58)9)65(15,16)17)36-32-46(7)60-40-39-59(45(6)31-33-49(10)64(12,13)14)61(44(5)19-2)63(60)55(20-3)62(52-29-25-22-26-30-52)50(11)51-27-23-21-24-28-51/h21-44H,11,18-20H2,1-10,12-17H3/b45-31+,46-32+,49-33+,56-36+,62-55+. The molecule has 2 unspecified atom stereocenters. The molecule has 0 aromatic heterocycles. The number of allylic oxidation sites excluding steroid dienone is 11. The molecular weight excluding hydrogens is 781 g/mol. The predicted molar refractivity (Wildman–Crippen MR) is 292 cm³/mol. The van der Waals surface area contributed by atoms with Crippen LogP contribution >= 0.6 is 0 Å². The van der Waals surface area contributed by atoms with Crippen LogP contribution in [-0.4, -0.2) is 0 Å². The van der Waals surface area contributed by atoms with E-state index in [2.05, 4.69) is 244 Å². The van der Waals surface area contributed by atoms with Gasteiger partial charge in [0.25, 0.3) is 0 Å². The normalized spacial score (nSPS) is 14.6. The van der Waals surface area contributed by atoms with E-state index in [0.717, 1.165) is 30.4 Å². The second-order valence-electron chi connectivity index (χ2n) is 20.7. The van der Waals surface area contributed by atoms with E-state index in [9.17, 15) is 0 Å². The number of hydrogen-bond donors (Lipinski definition) is 0. The summed E-state index contributed by atoms with van der Waals surface area (Å²) in [6.07, 6.45) is 12.4. The highest BCUT2D eigenvalue weighted by Crippen LogP contribution is 2.46. The van der Waals surface area contributed by atoms with Gasteiger partial charge in [-0.05, 0) is 177 Å². The van der Waals surface area contributed by atoms with Gasteiger partial charge in [0.05, 0.1) is 0 Å². The van der Waals surface area contributed by atoms with Crippen LogP contribution in [0.3, 0.4) is 0 Å². The third kappa shape index (κ3) is 11.9. The lowest BCUT2D eigenvalue weighted by Gasteiger charge is -2.28. The van der Waals surface area contributed by atoms with Crippen molar-refractivity contribution >= 4 is 33.4 Å². The molecule has 0 N–H and O–H groups in total. The van der Waals surface area contributed by atoms with Crippen molar-refractivity contribution in [1.82, 2.24) is 0 Å². The monoisotopic (exact) mass is 861 g/mol. The van der Waals surface area contributed by atoms with Crippen molar-refractivity contribution in [2.75, 3.05) is 0 Å². The molecule has 0 bridgehead atoms. The maximum atomic E-state index is 4.87. The molecule has 0 heterocycles. The molecule has 0 saturated heterocycles. The fourth-order valence-corrected chi connectivity index (χ4v) is 8.97. The lowest BCUT2D eigenvalue weighted by atomic mass is 9.76. The van der Waals surface area contributed by atoms with E-state index >= 15 is 0 Å². The number of rotatable bonds is 15. The summed E-state index contributed by atoms with van der Waals surface area (Å²) in [6.45, 7) is 41.8. The van der Waals surface area contributed by atoms with Crippen molar-refractivity contribution in [1.29, 1.82) is 0 Å². The highest BCUT2D eigenvalue weighted by atomic mass is 14.3. The van der Waals surface area contributed by atoms with Crippen molar-refractivity contribution in [3.05, 3.63) is 201 Å². The number of benzene rings is 5. The molecule has 0 nitrogen and oxygen atoms in total. The predicted octanol–water partition coefficient (Wildman–Crippen LogP) is 19.7. The third-order valence-corrected chi connectivity index (χ3v) is 14.0. The van der Waals surface area contributed by atoms with E-state index in [-0.39, 0.29) is 10.8 Å². The molecule has 5 aromatic rings. The highest BCUT2D eigenvalue weighted by Gasteiger charge is 2.26. The Hall–Kier alpha value is -5.46. The van der Waals surface area contributed by atoms with Crippen LogP contribution in [0.15, 0.2) is 146 Å². The average Bonchev–Trinajstić information content (AvgIpc) is 3.28. The lowest BCUT2D eigenvalue weighted by Crippen LogP contribution is -2.11. The van der Waals surface area contributed by atoms with Crippen molar-refractivity contribution in [3.63, 3.8) is 0 Å². The molecule has 5 aromatic carbocycles. The smallest absolute Gasteiger partial charge is 0.00731 e. The molecule has 340 valence electrons. The van der Waals surface area contributed by atoms with Gasteiger partial charge in [0.1, 0.15) is 0 Å². The molecule has 0 amide bonds. The number of hydrogen-bond acceptors (Lipinski definition) is 0. The third-order valence-electron chi connectivity index (χ3n) is 14.0. The van der Waals surface area contributed by atoms with E-state index in [4.69, 9.17) is 6.58 Å². The Bertz CT molecular complexity index is 2610. The Balaban J connectivity index is 1.82. The Morgan fingerprint density at radius 1 is 0.585 bits per heavy atom. The van der Waals surface area contributed by atoms with Crippen LogP contribution < -0.4 is 0 Å². The fraction of sp³-hybridized carbons (Fsp3) is 0.354. The topological polar surface area (TPSA) is 0 Å². The van der Waals surface area contributed by atoms with Gasteiger partial charge in [-0.15, -0.1) is 0 Å². The summed E-state index contributed by atoms with van der Waals surface area (Å²) in [5, 5.41) is 0. The minimum atomic E-state index is 0.105. The number of aryl methyl sites for hydroxylation is 2. The summed E-state index contributed by atoms with van der Waals surface area (Å²) in [5.74, 6) is 0.699. The first-order chi connectivity index (χ1) is 30.7. The van der Waals surface area contributed by atoms with Gasteiger partial charge in [0.15, 0.2) is 0 Å². The zero-order valence-corrected chi connectivity index (χ0v) is 43.2. The van der Waals surface area contributed by atoms with Gasteiger partial charge in [-0.25, -0.2) is 0 Å². The van der Waals surface area contributed by atoms with Crippen molar-refractivity contribution in [2.24, 2.45) is 11.3 Å². The van der Waals surface area contributed by atoms with Crippen LogP contribution in [0.25, 0.3) is 44.6 Å². The molecule has 0 saturated carbocycles. The van der Waals surface area contributed by atoms with Gasteiger partial charge in [0, 0.05) is 0 Å². The molecule has 0 aliphatic heterocycles. The quantitative estimate of drug-likeness (QED) is 0.0727. The second kappa shape index (κ2) is 21.7. The Morgan fingerprint density at radius 2 is 1.12 bits per heavy atom. The second-order valence-corrected chi connectivity index (χ2v) is 20.7. The van der Waals surface area contributed by atoms with Crippen molar-refractivity contribution in [3.8, 4) is 11.1 Å². The van der Waals surface area contributed by atoms with Crippen molar-refractivity contribution in [2.45, 2.75) is 141 Å². The first kappa shape index (κ1) is 50.5. The largest absolute Gasteiger partial charge is 0.0905 e. The van der Waals surface area contributed by atoms with Crippen LogP contribution in [0.2, 0.25) is 0 Å². The molecule has 65 heavy (non-hydrogen) atoms.